The van der Waals surface area contributed by atoms with Crippen LogP contribution in [0.2, 0.25) is 0 Å². The zero-order valence-electron chi connectivity index (χ0n) is 46.7. The first-order chi connectivity index (χ1) is 36.1. The van der Waals surface area contributed by atoms with Crippen LogP contribution >= 0.6 is 0 Å². The second-order valence-corrected chi connectivity index (χ2v) is 25.6. The molecule has 0 N–H and O–H groups in total. The minimum absolute atomic E-state index is 0.00382. The highest BCUT2D eigenvalue weighted by molar-refractivity contribution is 7.00. The van der Waals surface area contributed by atoms with E-state index in [2.05, 4.69) is 293 Å². The van der Waals surface area contributed by atoms with Crippen molar-refractivity contribution in [2.45, 2.75) is 112 Å². The van der Waals surface area contributed by atoms with Gasteiger partial charge in [-0.25, -0.2) is 0 Å². The summed E-state index contributed by atoms with van der Waals surface area (Å²) in [7, 11) is 0. The van der Waals surface area contributed by atoms with E-state index in [4.69, 9.17) is 4.42 Å². The van der Waals surface area contributed by atoms with Gasteiger partial charge in [-0.15, -0.1) is 0 Å². The number of furan rings is 1. The number of aryl methyl sites for hydroxylation is 1. The Morgan fingerprint density at radius 2 is 0.947 bits per heavy atom. The molecule has 0 bridgehead atoms. The molecule has 0 saturated heterocycles. The second kappa shape index (κ2) is 17.7. The van der Waals surface area contributed by atoms with E-state index in [1.54, 1.807) is 0 Å². The molecule has 76 heavy (non-hydrogen) atoms. The van der Waals surface area contributed by atoms with Crippen molar-refractivity contribution in [2.24, 2.45) is 0 Å². The average molecular weight is 992 g/mol. The van der Waals surface area contributed by atoms with Crippen molar-refractivity contribution in [1.82, 2.24) is 0 Å². The molecule has 0 fully saturated rings. The molecule has 0 saturated carbocycles. The van der Waals surface area contributed by atoms with E-state index in [9.17, 15) is 0 Å². The fourth-order valence-corrected chi connectivity index (χ4v) is 11.9. The molecule has 0 amide bonds. The molecule has 4 nitrogen and oxygen atoms in total. The van der Waals surface area contributed by atoms with Crippen molar-refractivity contribution in [3.8, 4) is 11.1 Å². The molecule has 2 aliphatic rings. The van der Waals surface area contributed by atoms with Crippen molar-refractivity contribution in [3.05, 3.63) is 216 Å². The summed E-state index contributed by atoms with van der Waals surface area (Å²) < 4.78 is 7.44. The topological polar surface area (TPSA) is 22.9 Å². The van der Waals surface area contributed by atoms with E-state index in [0.29, 0.717) is 0 Å². The Hall–Kier alpha value is -7.76. The summed E-state index contributed by atoms with van der Waals surface area (Å²) in [6, 6.07) is 71.1. The molecule has 1 aromatic heterocycles. The summed E-state index contributed by atoms with van der Waals surface area (Å²) in [5.74, 6) is 0. The highest BCUT2D eigenvalue weighted by Crippen LogP contribution is 2.51. The van der Waals surface area contributed by atoms with E-state index in [1.165, 1.54) is 66.3 Å². The third-order valence-electron chi connectivity index (χ3n) is 16.1. The number of rotatable bonds is 6. The van der Waals surface area contributed by atoms with Gasteiger partial charge in [-0.3, -0.25) is 0 Å². The Morgan fingerprint density at radius 1 is 0.421 bits per heavy atom. The van der Waals surface area contributed by atoms with Gasteiger partial charge in [-0.1, -0.05) is 192 Å². The van der Waals surface area contributed by atoms with Crippen molar-refractivity contribution in [1.29, 1.82) is 0 Å². The van der Waals surface area contributed by atoms with Crippen LogP contribution in [0.25, 0.3) is 32.9 Å². The Kier molecular flexibility index (Phi) is 11.4. The first-order valence-corrected chi connectivity index (χ1v) is 27.3. The lowest BCUT2D eigenvalue weighted by atomic mass is 9.35. The molecule has 12 rings (SSSR count). The lowest BCUT2D eigenvalue weighted by Gasteiger charge is -2.43. The Labute approximate surface area is 451 Å². The minimum Gasteiger partial charge on any atom is -0.468 e. The molecule has 0 atom stereocenters. The standard InChI is InChI=1S/C71H70BN3O/c1-45-41-61-65-62(42-45)75(59-39-23-46-19-17-18-22-56(46)64(59)47-20-15-14-16-21-47)60-44-55(73(52-31-24-48(25-32-52)68(2,3)4)53-33-26-49(27-34-53)69(5,6)7)37-38-58(60)72(65)67-66(57-43-51(71(11,12)13)30-40-63(57)76-67)74(61)54-35-28-50(29-36-54)70(8,9)10/h14-44H,1-13H3. The van der Waals surface area contributed by atoms with E-state index < -0.39 is 0 Å². The van der Waals surface area contributed by atoms with Crippen LogP contribution in [0.1, 0.15) is 111 Å². The summed E-state index contributed by atoms with van der Waals surface area (Å²) in [4.78, 5) is 7.55. The summed E-state index contributed by atoms with van der Waals surface area (Å²) in [6.07, 6.45) is 0. The van der Waals surface area contributed by atoms with Crippen LogP contribution in [0.3, 0.4) is 0 Å². The van der Waals surface area contributed by atoms with Gasteiger partial charge in [0.15, 0.2) is 0 Å². The zero-order valence-corrected chi connectivity index (χ0v) is 46.7. The van der Waals surface area contributed by atoms with Crippen LogP contribution < -0.4 is 31.3 Å². The zero-order chi connectivity index (χ0) is 53.2. The maximum Gasteiger partial charge on any atom is 0.297 e. The predicted molar refractivity (Wildman–Crippen MR) is 327 cm³/mol. The van der Waals surface area contributed by atoms with Gasteiger partial charge in [0, 0.05) is 50.8 Å². The van der Waals surface area contributed by atoms with E-state index in [-0.39, 0.29) is 28.4 Å². The van der Waals surface area contributed by atoms with Crippen LogP contribution in [-0.2, 0) is 21.7 Å². The number of fused-ring (bicyclic) bond motifs is 7. The van der Waals surface area contributed by atoms with Gasteiger partial charge in [0.05, 0.1) is 17.0 Å². The van der Waals surface area contributed by atoms with Crippen molar-refractivity contribution >= 4 is 96.2 Å². The molecule has 0 spiro atoms. The van der Waals surface area contributed by atoms with E-state index in [0.717, 1.165) is 62.1 Å². The largest absolute Gasteiger partial charge is 0.468 e. The molecule has 10 aromatic rings. The number of anilines is 9. The molecular formula is C71H70BN3O. The molecule has 0 aliphatic carbocycles. The highest BCUT2D eigenvalue weighted by Gasteiger charge is 2.47. The first-order valence-electron chi connectivity index (χ1n) is 27.3. The summed E-state index contributed by atoms with van der Waals surface area (Å²) >= 11 is 0. The van der Waals surface area contributed by atoms with Crippen LogP contribution in [0, 0.1) is 6.92 Å². The number of nitrogens with zero attached hydrogens (tertiary/aromatic N) is 3. The summed E-state index contributed by atoms with van der Waals surface area (Å²) in [5, 5.41) is 3.54. The lowest BCUT2D eigenvalue weighted by Crippen LogP contribution is -2.61. The predicted octanol–water partition coefficient (Wildman–Crippen LogP) is 18.3. The van der Waals surface area contributed by atoms with Crippen LogP contribution in [0.15, 0.2) is 192 Å². The maximum absolute atomic E-state index is 7.44. The Balaban J connectivity index is 1.18. The summed E-state index contributed by atoms with van der Waals surface area (Å²) in [6.45, 7) is 29.5. The normalized spacial score (nSPS) is 13.5. The van der Waals surface area contributed by atoms with Gasteiger partial charge in [0.25, 0.3) is 6.71 Å². The molecule has 9 aromatic carbocycles. The fraction of sp³-hybridized carbons (Fsp3) is 0.239. The molecular weight excluding hydrogens is 922 g/mol. The van der Waals surface area contributed by atoms with Gasteiger partial charge in [-0.2, -0.15) is 0 Å². The maximum atomic E-state index is 7.44. The quantitative estimate of drug-likeness (QED) is 0.155. The van der Waals surface area contributed by atoms with Gasteiger partial charge in [-0.05, 0) is 163 Å². The highest BCUT2D eigenvalue weighted by atomic mass is 16.3. The van der Waals surface area contributed by atoms with Gasteiger partial charge >= 0.3 is 0 Å². The smallest absolute Gasteiger partial charge is 0.297 e. The van der Waals surface area contributed by atoms with Gasteiger partial charge in [0.2, 0.25) is 0 Å². The molecule has 0 radical (unpaired) electrons. The van der Waals surface area contributed by atoms with Crippen molar-refractivity contribution in [3.63, 3.8) is 0 Å². The molecule has 5 heteroatoms. The van der Waals surface area contributed by atoms with Crippen LogP contribution in [0.5, 0.6) is 0 Å². The number of hydrogen-bond acceptors (Lipinski definition) is 4. The molecule has 378 valence electrons. The van der Waals surface area contributed by atoms with Crippen LogP contribution in [-0.4, -0.2) is 6.71 Å². The first kappa shape index (κ1) is 49.1. The second-order valence-electron chi connectivity index (χ2n) is 25.6. The number of benzene rings is 9. The van der Waals surface area contributed by atoms with Crippen LogP contribution in [0.4, 0.5) is 51.2 Å². The summed E-state index contributed by atoms with van der Waals surface area (Å²) in [5.41, 5.74) is 23.0. The molecule has 0 unspecified atom stereocenters. The third kappa shape index (κ3) is 8.31. The third-order valence-corrected chi connectivity index (χ3v) is 16.1. The molecule has 2 aliphatic heterocycles. The fourth-order valence-electron chi connectivity index (χ4n) is 11.9. The Bertz CT molecular complexity index is 3800. The SMILES string of the molecule is Cc1cc2c3c(c1)N(c1ccc(C(C)(C)C)cc1)c1c(oc4ccc(C(C)(C)C)cc14)B3c1ccc(N(c3ccc(C(C)(C)C)cc3)c3ccc(C(C)(C)C)cc3)cc1N2c1ccc2ccccc2c1-c1ccccc1. The molecule has 3 heterocycles. The number of hydrogen-bond donors (Lipinski definition) is 0. The van der Waals surface area contributed by atoms with E-state index in [1.807, 2.05) is 0 Å². The minimum atomic E-state index is -0.220. The van der Waals surface area contributed by atoms with Crippen molar-refractivity contribution in [2.75, 3.05) is 14.7 Å². The van der Waals surface area contributed by atoms with E-state index >= 15 is 0 Å². The monoisotopic (exact) mass is 992 g/mol. The lowest BCUT2D eigenvalue weighted by molar-refractivity contribution is 0.590. The van der Waals surface area contributed by atoms with Gasteiger partial charge in [0.1, 0.15) is 5.58 Å². The van der Waals surface area contributed by atoms with Crippen molar-refractivity contribution < 1.29 is 4.42 Å². The average Bonchev–Trinajstić information content (AvgIpc) is 3.80. The van der Waals surface area contributed by atoms with Gasteiger partial charge < -0.3 is 19.1 Å². The Morgan fingerprint density at radius 3 is 1.54 bits per heavy atom.